The summed E-state index contributed by atoms with van der Waals surface area (Å²) in [5.74, 6) is -0.939. The van der Waals surface area contributed by atoms with E-state index in [4.69, 9.17) is 10.5 Å². The highest BCUT2D eigenvalue weighted by Crippen LogP contribution is 2.23. The zero-order chi connectivity index (χ0) is 20.2. The molecule has 0 saturated carbocycles. The third kappa shape index (κ3) is 5.41. The molecule has 0 unspecified atom stereocenters. The molecule has 6 heteroatoms. The van der Waals surface area contributed by atoms with Gasteiger partial charge < -0.3 is 15.8 Å². The normalized spacial score (nSPS) is 12.1. The van der Waals surface area contributed by atoms with Crippen molar-refractivity contribution in [2.45, 2.75) is 39.2 Å². The van der Waals surface area contributed by atoms with Gasteiger partial charge in [-0.25, -0.2) is 9.59 Å². The van der Waals surface area contributed by atoms with Crippen LogP contribution in [0, 0.1) is 0 Å². The van der Waals surface area contributed by atoms with Gasteiger partial charge in [0, 0.05) is 11.3 Å². The van der Waals surface area contributed by atoms with E-state index in [9.17, 15) is 14.4 Å². The van der Waals surface area contributed by atoms with Crippen LogP contribution in [0.4, 0.5) is 10.5 Å². The third-order valence-corrected chi connectivity index (χ3v) is 4.05. The molecule has 142 valence electrons. The molecule has 0 aromatic heterocycles. The third-order valence-electron chi connectivity index (χ3n) is 4.05. The number of primary amides is 1. The van der Waals surface area contributed by atoms with Crippen molar-refractivity contribution in [3.63, 3.8) is 0 Å². The number of carbonyl (C=O) groups excluding carboxylic acids is 3. The van der Waals surface area contributed by atoms with Crippen molar-refractivity contribution in [3.05, 3.63) is 65.2 Å². The summed E-state index contributed by atoms with van der Waals surface area (Å²) in [6, 6.07) is 12.7. The second kappa shape index (κ2) is 8.03. The Balaban J connectivity index is 2.07. The number of anilines is 1. The van der Waals surface area contributed by atoms with Crippen LogP contribution in [0.5, 0.6) is 0 Å². The predicted octanol–water partition coefficient (Wildman–Crippen LogP) is 3.90. The molecule has 27 heavy (non-hydrogen) atoms. The highest BCUT2D eigenvalue weighted by Gasteiger charge is 2.21. The quantitative estimate of drug-likeness (QED) is 0.617. The van der Waals surface area contributed by atoms with E-state index in [1.165, 1.54) is 19.1 Å². The van der Waals surface area contributed by atoms with Gasteiger partial charge >= 0.3 is 12.0 Å². The predicted molar refractivity (Wildman–Crippen MR) is 104 cm³/mol. The minimum absolute atomic E-state index is 0.0103. The van der Waals surface area contributed by atoms with Crippen molar-refractivity contribution < 1.29 is 19.1 Å². The molecule has 0 radical (unpaired) electrons. The summed E-state index contributed by atoms with van der Waals surface area (Å²) in [5, 5.41) is 2.38. The van der Waals surface area contributed by atoms with Crippen LogP contribution in [0.2, 0.25) is 0 Å². The highest BCUT2D eigenvalue weighted by atomic mass is 16.5. The van der Waals surface area contributed by atoms with E-state index >= 15 is 0 Å². The smallest absolute Gasteiger partial charge is 0.338 e. The van der Waals surface area contributed by atoms with Crippen molar-refractivity contribution >= 4 is 23.5 Å². The first-order chi connectivity index (χ1) is 12.6. The Hall–Kier alpha value is -3.15. The summed E-state index contributed by atoms with van der Waals surface area (Å²) in [6.07, 6.45) is -0.939. The Morgan fingerprint density at radius 1 is 1.00 bits per heavy atom. The number of nitrogens with two attached hydrogens (primary N) is 1. The Morgan fingerprint density at radius 2 is 1.63 bits per heavy atom. The second-order valence-electron chi connectivity index (χ2n) is 7.31. The lowest BCUT2D eigenvalue weighted by Gasteiger charge is -2.19. The first-order valence-electron chi connectivity index (χ1n) is 8.60. The van der Waals surface area contributed by atoms with E-state index in [1.807, 2.05) is 12.1 Å². The molecule has 2 aromatic rings. The lowest BCUT2D eigenvalue weighted by Crippen LogP contribution is -2.25. The van der Waals surface area contributed by atoms with Crippen molar-refractivity contribution in [1.29, 1.82) is 0 Å². The highest BCUT2D eigenvalue weighted by molar-refractivity contribution is 6.01. The van der Waals surface area contributed by atoms with Crippen LogP contribution in [-0.2, 0) is 10.2 Å². The van der Waals surface area contributed by atoms with Crippen molar-refractivity contribution in [2.75, 3.05) is 5.32 Å². The standard InChI is InChI=1S/C21H24N2O4/c1-13(18(24)14-8-10-16(11-9-14)21(2,3)4)27-19(25)15-6-5-7-17(12-15)23-20(22)26/h5-13H,1-4H3,(H3,22,23,26)/t13-/m1/s1. The number of nitrogens with one attached hydrogen (secondary N) is 1. The fraction of sp³-hybridized carbons (Fsp3) is 0.286. The van der Waals surface area contributed by atoms with Crippen LogP contribution < -0.4 is 11.1 Å². The van der Waals surface area contributed by atoms with Crippen LogP contribution in [0.1, 0.15) is 54.0 Å². The molecule has 0 fully saturated rings. The van der Waals surface area contributed by atoms with E-state index in [0.717, 1.165) is 5.56 Å². The second-order valence-corrected chi connectivity index (χ2v) is 7.31. The van der Waals surface area contributed by atoms with Crippen LogP contribution in [0.3, 0.4) is 0 Å². The number of Topliss-reactive ketones (excluding diaryl/α,β-unsaturated/α-hetero) is 1. The SMILES string of the molecule is C[C@@H](OC(=O)c1cccc(NC(N)=O)c1)C(=O)c1ccc(C(C)(C)C)cc1. The number of hydrogen-bond acceptors (Lipinski definition) is 4. The van der Waals surface area contributed by atoms with Gasteiger partial charge in [-0.05, 0) is 36.1 Å². The number of urea groups is 1. The van der Waals surface area contributed by atoms with Gasteiger partial charge in [-0.2, -0.15) is 0 Å². The molecule has 0 aliphatic heterocycles. The Bertz CT molecular complexity index is 851. The van der Waals surface area contributed by atoms with Crippen LogP contribution in [0.15, 0.2) is 48.5 Å². The molecule has 6 nitrogen and oxygen atoms in total. The molecule has 0 heterocycles. The van der Waals surface area contributed by atoms with E-state index < -0.39 is 18.1 Å². The summed E-state index contributed by atoms with van der Waals surface area (Å²) in [6.45, 7) is 7.81. The number of benzene rings is 2. The molecule has 0 aliphatic carbocycles. The number of rotatable bonds is 5. The van der Waals surface area contributed by atoms with E-state index in [-0.39, 0.29) is 16.8 Å². The van der Waals surface area contributed by atoms with Crippen LogP contribution >= 0.6 is 0 Å². The molecule has 2 rings (SSSR count). The Morgan fingerprint density at radius 3 is 2.19 bits per heavy atom. The molecule has 2 aromatic carbocycles. The Labute approximate surface area is 158 Å². The maximum absolute atomic E-state index is 12.5. The van der Waals surface area contributed by atoms with Gasteiger partial charge in [-0.1, -0.05) is 51.1 Å². The van der Waals surface area contributed by atoms with Crippen molar-refractivity contribution in [2.24, 2.45) is 5.73 Å². The minimum Gasteiger partial charge on any atom is -0.451 e. The molecule has 0 saturated heterocycles. The number of hydrogen-bond donors (Lipinski definition) is 2. The average molecular weight is 368 g/mol. The first-order valence-corrected chi connectivity index (χ1v) is 8.60. The maximum Gasteiger partial charge on any atom is 0.338 e. The Kier molecular flexibility index (Phi) is 6.00. The van der Waals surface area contributed by atoms with Crippen LogP contribution in [0.25, 0.3) is 0 Å². The molecule has 2 amide bonds. The van der Waals surface area contributed by atoms with E-state index in [1.54, 1.807) is 24.3 Å². The number of ether oxygens (including phenoxy) is 1. The topological polar surface area (TPSA) is 98.5 Å². The molecular weight excluding hydrogens is 344 g/mol. The van der Waals surface area contributed by atoms with E-state index in [0.29, 0.717) is 11.3 Å². The maximum atomic E-state index is 12.5. The fourth-order valence-electron chi connectivity index (χ4n) is 2.52. The van der Waals surface area contributed by atoms with Crippen molar-refractivity contribution in [1.82, 2.24) is 0 Å². The van der Waals surface area contributed by atoms with Gasteiger partial charge in [-0.3, -0.25) is 4.79 Å². The molecule has 3 N–H and O–H groups in total. The van der Waals surface area contributed by atoms with Crippen molar-refractivity contribution in [3.8, 4) is 0 Å². The van der Waals surface area contributed by atoms with Gasteiger partial charge in [-0.15, -0.1) is 0 Å². The van der Waals surface area contributed by atoms with Gasteiger partial charge in [0.1, 0.15) is 0 Å². The number of carbonyl (C=O) groups is 3. The molecule has 0 spiro atoms. The summed E-state index contributed by atoms with van der Waals surface area (Å²) in [5.41, 5.74) is 7.23. The number of amides is 2. The molecule has 1 atom stereocenters. The monoisotopic (exact) mass is 368 g/mol. The largest absolute Gasteiger partial charge is 0.451 e. The molecular formula is C21H24N2O4. The van der Waals surface area contributed by atoms with Gasteiger partial charge in [0.25, 0.3) is 0 Å². The lowest BCUT2D eigenvalue weighted by molar-refractivity contribution is 0.0319. The van der Waals surface area contributed by atoms with E-state index in [2.05, 4.69) is 26.1 Å². The molecule has 0 bridgehead atoms. The minimum atomic E-state index is -0.939. The lowest BCUT2D eigenvalue weighted by atomic mass is 9.86. The fourth-order valence-corrected chi connectivity index (χ4v) is 2.52. The summed E-state index contributed by atoms with van der Waals surface area (Å²) < 4.78 is 5.28. The zero-order valence-corrected chi connectivity index (χ0v) is 15.9. The first kappa shape index (κ1) is 20.2. The van der Waals surface area contributed by atoms with Gasteiger partial charge in [0.05, 0.1) is 5.56 Å². The zero-order valence-electron chi connectivity index (χ0n) is 15.9. The average Bonchev–Trinajstić information content (AvgIpc) is 2.60. The van der Waals surface area contributed by atoms with Gasteiger partial charge in [0.15, 0.2) is 6.10 Å². The van der Waals surface area contributed by atoms with Crippen LogP contribution in [-0.4, -0.2) is 23.9 Å². The number of esters is 1. The summed E-state index contributed by atoms with van der Waals surface area (Å²) in [7, 11) is 0. The van der Waals surface area contributed by atoms with Gasteiger partial charge in [0.2, 0.25) is 5.78 Å². The molecule has 0 aliphatic rings. The number of ketones is 1. The summed E-state index contributed by atoms with van der Waals surface area (Å²) >= 11 is 0. The summed E-state index contributed by atoms with van der Waals surface area (Å²) in [4.78, 5) is 35.7.